The molecule has 2 atom stereocenters. The van der Waals surface area contributed by atoms with Crippen molar-refractivity contribution in [3.63, 3.8) is 0 Å². The second-order valence-corrected chi connectivity index (χ2v) is 6.94. The number of sulfone groups is 1. The molecule has 1 aliphatic rings. The van der Waals surface area contributed by atoms with E-state index >= 15 is 0 Å². The highest BCUT2D eigenvalue weighted by Gasteiger charge is 2.28. The van der Waals surface area contributed by atoms with Gasteiger partial charge in [-0.3, -0.25) is 0 Å². The van der Waals surface area contributed by atoms with Crippen molar-refractivity contribution in [3.05, 3.63) is 0 Å². The molecule has 0 aliphatic heterocycles. The van der Waals surface area contributed by atoms with Crippen molar-refractivity contribution in [1.82, 2.24) is 5.32 Å². The van der Waals surface area contributed by atoms with E-state index in [0.717, 1.165) is 45.3 Å². The first-order chi connectivity index (χ1) is 7.54. The molecule has 0 radical (unpaired) electrons. The van der Waals surface area contributed by atoms with E-state index in [1.807, 2.05) is 0 Å². The van der Waals surface area contributed by atoms with E-state index in [1.165, 1.54) is 6.26 Å². The number of ether oxygens (including phenoxy) is 1. The van der Waals surface area contributed by atoms with E-state index < -0.39 is 9.84 Å². The molecule has 0 aromatic heterocycles. The molecular weight excluding hydrogens is 226 g/mol. The van der Waals surface area contributed by atoms with Gasteiger partial charge in [-0.2, -0.15) is 0 Å². The van der Waals surface area contributed by atoms with Gasteiger partial charge in [0, 0.05) is 26.0 Å². The molecule has 0 aromatic rings. The minimum Gasteiger partial charge on any atom is -0.385 e. The normalized spacial score (nSPS) is 26.9. The second kappa shape index (κ2) is 6.57. The Kier molecular flexibility index (Phi) is 5.72. The summed E-state index contributed by atoms with van der Waals surface area (Å²) in [7, 11) is -1.16. The molecule has 96 valence electrons. The maximum absolute atomic E-state index is 11.5. The van der Waals surface area contributed by atoms with Crippen molar-refractivity contribution in [1.29, 1.82) is 0 Å². The molecule has 1 aliphatic carbocycles. The number of methoxy groups -OCH3 is 1. The summed E-state index contributed by atoms with van der Waals surface area (Å²) >= 11 is 0. The van der Waals surface area contributed by atoms with Crippen LogP contribution in [0.15, 0.2) is 0 Å². The predicted octanol–water partition coefficient (Wildman–Crippen LogP) is 0.968. The standard InChI is InChI=1S/C11H23NO3S/c1-15-8-4-7-12-10-5-3-6-11(9-10)16(2,13)14/h10-12H,3-9H2,1-2H3. The fraction of sp³-hybridized carbons (Fsp3) is 1.00. The number of nitrogens with one attached hydrogen (secondary N) is 1. The molecule has 5 heteroatoms. The molecule has 16 heavy (non-hydrogen) atoms. The fourth-order valence-corrected chi connectivity index (χ4v) is 3.42. The monoisotopic (exact) mass is 249 g/mol. The first-order valence-electron chi connectivity index (χ1n) is 5.95. The Bertz CT molecular complexity index is 290. The van der Waals surface area contributed by atoms with Crippen molar-refractivity contribution in [2.75, 3.05) is 26.5 Å². The number of hydrogen-bond acceptors (Lipinski definition) is 4. The lowest BCUT2D eigenvalue weighted by molar-refractivity contribution is 0.192. The van der Waals surface area contributed by atoms with Gasteiger partial charge in [-0.1, -0.05) is 6.42 Å². The minimum atomic E-state index is -2.86. The van der Waals surface area contributed by atoms with E-state index in [-0.39, 0.29) is 5.25 Å². The third-order valence-corrected chi connectivity index (χ3v) is 4.83. The van der Waals surface area contributed by atoms with Crippen molar-refractivity contribution in [2.45, 2.75) is 43.4 Å². The van der Waals surface area contributed by atoms with Crippen LogP contribution >= 0.6 is 0 Å². The Morgan fingerprint density at radius 3 is 2.75 bits per heavy atom. The fourth-order valence-electron chi connectivity index (χ4n) is 2.24. The lowest BCUT2D eigenvalue weighted by Crippen LogP contribution is -2.39. The molecule has 2 unspecified atom stereocenters. The van der Waals surface area contributed by atoms with Gasteiger partial charge in [-0.25, -0.2) is 8.42 Å². The predicted molar refractivity (Wildman–Crippen MR) is 65.4 cm³/mol. The van der Waals surface area contributed by atoms with E-state index in [4.69, 9.17) is 4.74 Å². The Morgan fingerprint density at radius 2 is 2.12 bits per heavy atom. The lowest BCUT2D eigenvalue weighted by Gasteiger charge is -2.28. The van der Waals surface area contributed by atoms with E-state index in [9.17, 15) is 8.42 Å². The summed E-state index contributed by atoms with van der Waals surface area (Å²) in [4.78, 5) is 0. The van der Waals surface area contributed by atoms with Gasteiger partial charge in [-0.15, -0.1) is 0 Å². The van der Waals surface area contributed by atoms with Crippen molar-refractivity contribution < 1.29 is 13.2 Å². The van der Waals surface area contributed by atoms with Gasteiger partial charge in [0.25, 0.3) is 0 Å². The summed E-state index contributed by atoms with van der Waals surface area (Å²) in [5.41, 5.74) is 0. The Hall–Kier alpha value is -0.130. The molecule has 0 spiro atoms. The summed E-state index contributed by atoms with van der Waals surface area (Å²) in [5, 5.41) is 3.28. The molecule has 0 amide bonds. The minimum absolute atomic E-state index is 0.138. The van der Waals surface area contributed by atoms with Crippen LogP contribution < -0.4 is 5.32 Å². The Morgan fingerprint density at radius 1 is 1.38 bits per heavy atom. The van der Waals surface area contributed by atoms with Crippen LogP contribution in [0, 0.1) is 0 Å². The lowest BCUT2D eigenvalue weighted by atomic mass is 9.95. The second-order valence-electron chi connectivity index (χ2n) is 4.62. The zero-order valence-electron chi connectivity index (χ0n) is 10.2. The van der Waals surface area contributed by atoms with Crippen LogP contribution in [0.3, 0.4) is 0 Å². The summed E-state index contributed by atoms with van der Waals surface area (Å²) < 4.78 is 27.9. The van der Waals surface area contributed by atoms with E-state index in [2.05, 4.69) is 5.32 Å². The highest BCUT2D eigenvalue weighted by atomic mass is 32.2. The van der Waals surface area contributed by atoms with Gasteiger partial charge in [0.15, 0.2) is 0 Å². The van der Waals surface area contributed by atoms with Crippen molar-refractivity contribution in [2.24, 2.45) is 0 Å². The Balaban J connectivity index is 2.28. The van der Waals surface area contributed by atoms with Gasteiger partial charge in [0.2, 0.25) is 0 Å². The first-order valence-corrected chi connectivity index (χ1v) is 7.90. The number of rotatable bonds is 6. The highest BCUT2D eigenvalue weighted by molar-refractivity contribution is 7.91. The molecular formula is C11H23NO3S. The molecule has 1 saturated carbocycles. The van der Waals surface area contributed by atoms with Crippen molar-refractivity contribution >= 4 is 9.84 Å². The van der Waals surface area contributed by atoms with Gasteiger partial charge in [0.05, 0.1) is 5.25 Å². The maximum Gasteiger partial charge on any atom is 0.150 e. The summed E-state index contributed by atoms with van der Waals surface area (Å²) in [6.07, 6.45) is 6.04. The molecule has 0 aromatic carbocycles. The molecule has 0 saturated heterocycles. The maximum atomic E-state index is 11.5. The average Bonchev–Trinajstić information content (AvgIpc) is 2.24. The van der Waals surface area contributed by atoms with Crippen molar-refractivity contribution in [3.8, 4) is 0 Å². The Labute approximate surface area is 98.7 Å². The van der Waals surface area contributed by atoms with Crippen LogP contribution in [0.1, 0.15) is 32.1 Å². The zero-order valence-corrected chi connectivity index (χ0v) is 11.1. The third-order valence-electron chi connectivity index (χ3n) is 3.19. The highest BCUT2D eigenvalue weighted by Crippen LogP contribution is 2.23. The van der Waals surface area contributed by atoms with Gasteiger partial charge >= 0.3 is 0 Å². The molecule has 4 nitrogen and oxygen atoms in total. The first kappa shape index (κ1) is 13.9. The van der Waals surface area contributed by atoms with Gasteiger partial charge < -0.3 is 10.1 Å². The third kappa shape index (κ3) is 4.80. The average molecular weight is 249 g/mol. The SMILES string of the molecule is COCCCNC1CCCC(S(C)(=O)=O)C1. The zero-order chi connectivity index (χ0) is 12.0. The topological polar surface area (TPSA) is 55.4 Å². The molecule has 1 fully saturated rings. The summed E-state index contributed by atoms with van der Waals surface area (Å²) in [5.74, 6) is 0. The molecule has 0 bridgehead atoms. The summed E-state index contributed by atoms with van der Waals surface area (Å²) in [6.45, 7) is 1.67. The smallest absolute Gasteiger partial charge is 0.150 e. The molecule has 1 N–H and O–H groups in total. The van der Waals surface area contributed by atoms with Gasteiger partial charge in [0.1, 0.15) is 9.84 Å². The number of hydrogen-bond donors (Lipinski definition) is 1. The van der Waals surface area contributed by atoms with Crippen LogP contribution in [0.4, 0.5) is 0 Å². The van der Waals surface area contributed by atoms with Crippen LogP contribution in [-0.4, -0.2) is 46.2 Å². The van der Waals surface area contributed by atoms with Crippen LogP contribution in [-0.2, 0) is 14.6 Å². The van der Waals surface area contributed by atoms with Crippen LogP contribution in [0.5, 0.6) is 0 Å². The van der Waals surface area contributed by atoms with Crippen LogP contribution in [0.2, 0.25) is 0 Å². The largest absolute Gasteiger partial charge is 0.385 e. The van der Waals surface area contributed by atoms with E-state index in [1.54, 1.807) is 7.11 Å². The summed E-state index contributed by atoms with van der Waals surface area (Å²) in [6, 6.07) is 0.366. The van der Waals surface area contributed by atoms with E-state index in [0.29, 0.717) is 6.04 Å². The molecule has 0 heterocycles. The van der Waals surface area contributed by atoms with Crippen LogP contribution in [0.25, 0.3) is 0 Å². The molecule has 1 rings (SSSR count). The van der Waals surface area contributed by atoms with Gasteiger partial charge in [-0.05, 0) is 32.2 Å². The quantitative estimate of drug-likeness (QED) is 0.713.